The molecule has 0 aliphatic rings. The predicted molar refractivity (Wildman–Crippen MR) is 56.0 cm³/mol. The number of alkyl halides is 3. The highest BCUT2D eigenvalue weighted by molar-refractivity contribution is 6.31. The van der Waals surface area contributed by atoms with Crippen LogP contribution in [0.4, 0.5) is 13.2 Å². The molecule has 94 valence electrons. The second-order valence-electron chi connectivity index (χ2n) is 3.28. The fraction of sp³-hybridized carbons (Fsp3) is 0.100. The molecule has 0 spiro atoms. The molecule has 4 nitrogen and oxygen atoms in total. The monoisotopic (exact) mass is 276 g/mol. The quantitative estimate of drug-likeness (QED) is 0.803. The van der Waals surface area contributed by atoms with Crippen molar-refractivity contribution < 1.29 is 17.6 Å². The standard InChI is InChI=1S/C10H4ClF3N2O2/c11-7-2-1-5(3-6(7)10(12,13)14)8-4-18-9(17)16-15-8/h1-4H. The van der Waals surface area contributed by atoms with Crippen molar-refractivity contribution in [1.82, 2.24) is 10.2 Å². The van der Waals surface area contributed by atoms with Crippen LogP contribution in [-0.2, 0) is 6.18 Å². The molecule has 18 heavy (non-hydrogen) atoms. The van der Waals surface area contributed by atoms with Gasteiger partial charge in [-0.25, -0.2) is 4.79 Å². The average Bonchev–Trinajstić information content (AvgIpc) is 2.29. The first-order chi connectivity index (χ1) is 8.38. The molecule has 0 atom stereocenters. The van der Waals surface area contributed by atoms with Gasteiger partial charge in [0.1, 0.15) is 12.0 Å². The minimum Gasteiger partial charge on any atom is -0.413 e. The highest BCUT2D eigenvalue weighted by Gasteiger charge is 2.33. The molecule has 0 aliphatic heterocycles. The molecule has 0 radical (unpaired) electrons. The van der Waals surface area contributed by atoms with Gasteiger partial charge < -0.3 is 4.42 Å². The van der Waals surface area contributed by atoms with Crippen LogP contribution in [0.2, 0.25) is 5.02 Å². The van der Waals surface area contributed by atoms with Gasteiger partial charge in [-0.05, 0) is 12.1 Å². The second-order valence-corrected chi connectivity index (χ2v) is 3.69. The predicted octanol–water partition coefficient (Wildman–Crippen LogP) is 2.77. The summed E-state index contributed by atoms with van der Waals surface area (Å²) in [6, 6.07) is 3.22. The summed E-state index contributed by atoms with van der Waals surface area (Å²) in [5.74, 6) is -0.927. The van der Waals surface area contributed by atoms with Crippen molar-refractivity contribution in [3.8, 4) is 11.3 Å². The van der Waals surface area contributed by atoms with Gasteiger partial charge in [0.15, 0.2) is 0 Å². The summed E-state index contributed by atoms with van der Waals surface area (Å²) in [5, 5.41) is 6.10. The van der Waals surface area contributed by atoms with Gasteiger partial charge in [-0.2, -0.15) is 13.2 Å². The third-order valence-corrected chi connectivity index (χ3v) is 2.41. The number of benzene rings is 1. The molecule has 8 heteroatoms. The highest BCUT2D eigenvalue weighted by Crippen LogP contribution is 2.36. The highest BCUT2D eigenvalue weighted by atomic mass is 35.5. The summed E-state index contributed by atoms with van der Waals surface area (Å²) in [7, 11) is 0. The average molecular weight is 277 g/mol. The first-order valence-electron chi connectivity index (χ1n) is 4.57. The Balaban J connectivity index is 2.54. The Labute approximate surface area is 103 Å². The summed E-state index contributed by atoms with van der Waals surface area (Å²) in [6.45, 7) is 0. The Bertz CT molecular complexity index is 619. The molecule has 0 saturated heterocycles. The van der Waals surface area contributed by atoms with Gasteiger partial charge in [-0.1, -0.05) is 22.8 Å². The molecule has 0 aliphatic carbocycles. The van der Waals surface area contributed by atoms with Gasteiger partial charge >= 0.3 is 11.9 Å². The van der Waals surface area contributed by atoms with Gasteiger partial charge in [0.25, 0.3) is 0 Å². The van der Waals surface area contributed by atoms with Gasteiger partial charge in [-0.3, -0.25) is 0 Å². The SMILES string of the molecule is O=c1nnc(-c2ccc(Cl)c(C(F)(F)F)c2)co1. The summed E-state index contributed by atoms with van der Waals surface area (Å²) in [6.07, 6.45) is -3.64. The lowest BCUT2D eigenvalue weighted by atomic mass is 10.1. The summed E-state index contributed by atoms with van der Waals surface area (Å²) >= 11 is 5.46. The van der Waals surface area contributed by atoms with E-state index >= 15 is 0 Å². The summed E-state index contributed by atoms with van der Waals surface area (Å²) in [4.78, 5) is 10.6. The van der Waals surface area contributed by atoms with E-state index in [0.717, 1.165) is 18.4 Å². The van der Waals surface area contributed by atoms with Gasteiger partial charge in [-0.15, -0.1) is 5.10 Å². The maximum atomic E-state index is 12.6. The Kier molecular flexibility index (Phi) is 3.08. The lowest BCUT2D eigenvalue weighted by molar-refractivity contribution is -0.137. The maximum absolute atomic E-state index is 12.6. The van der Waals surface area contributed by atoms with Crippen LogP contribution in [0.5, 0.6) is 0 Å². The molecule has 1 aromatic heterocycles. The van der Waals surface area contributed by atoms with E-state index in [1.807, 2.05) is 0 Å². The van der Waals surface area contributed by atoms with Crippen molar-refractivity contribution in [2.24, 2.45) is 0 Å². The lowest BCUT2D eigenvalue weighted by Crippen LogP contribution is -2.08. The number of hydrogen-bond acceptors (Lipinski definition) is 4. The first-order valence-corrected chi connectivity index (χ1v) is 4.95. The molecule has 0 amide bonds. The molecule has 0 bridgehead atoms. The van der Waals surface area contributed by atoms with Crippen LogP contribution in [0.3, 0.4) is 0 Å². The molecule has 1 heterocycles. The summed E-state index contributed by atoms with van der Waals surface area (Å²) in [5.41, 5.74) is -0.880. The zero-order valence-electron chi connectivity index (χ0n) is 8.53. The third-order valence-electron chi connectivity index (χ3n) is 2.08. The number of rotatable bonds is 1. The molecule has 0 unspecified atom stereocenters. The van der Waals surface area contributed by atoms with E-state index < -0.39 is 22.5 Å². The zero-order valence-corrected chi connectivity index (χ0v) is 9.29. The number of halogens is 4. The summed E-state index contributed by atoms with van der Waals surface area (Å²) < 4.78 is 42.3. The molecule has 1 aromatic carbocycles. The molecule has 0 N–H and O–H groups in total. The van der Waals surface area contributed by atoms with E-state index in [0.29, 0.717) is 0 Å². The number of nitrogens with zero attached hydrogens (tertiary/aromatic N) is 2. The van der Waals surface area contributed by atoms with Gasteiger partial charge in [0.2, 0.25) is 0 Å². The van der Waals surface area contributed by atoms with Crippen molar-refractivity contribution in [3.63, 3.8) is 0 Å². The van der Waals surface area contributed by atoms with Crippen molar-refractivity contribution >= 4 is 11.6 Å². The molecular weight excluding hydrogens is 273 g/mol. The van der Waals surface area contributed by atoms with E-state index in [1.54, 1.807) is 0 Å². The normalized spacial score (nSPS) is 11.6. The van der Waals surface area contributed by atoms with E-state index in [9.17, 15) is 18.0 Å². The van der Waals surface area contributed by atoms with Crippen LogP contribution in [0.1, 0.15) is 5.56 Å². The fourth-order valence-electron chi connectivity index (χ4n) is 1.28. The van der Waals surface area contributed by atoms with Crippen LogP contribution in [0.15, 0.2) is 33.7 Å². The van der Waals surface area contributed by atoms with Crippen LogP contribution >= 0.6 is 11.6 Å². The van der Waals surface area contributed by atoms with Crippen molar-refractivity contribution in [2.75, 3.05) is 0 Å². The van der Waals surface area contributed by atoms with Crippen LogP contribution in [0.25, 0.3) is 11.3 Å². The molecule has 0 fully saturated rings. The molecule has 0 saturated carbocycles. The third kappa shape index (κ3) is 2.51. The number of hydrogen-bond donors (Lipinski definition) is 0. The van der Waals surface area contributed by atoms with E-state index in [1.165, 1.54) is 6.07 Å². The first kappa shape index (κ1) is 12.6. The van der Waals surface area contributed by atoms with Crippen molar-refractivity contribution in [3.05, 3.63) is 45.6 Å². The fourth-order valence-corrected chi connectivity index (χ4v) is 1.50. The zero-order chi connectivity index (χ0) is 13.3. The number of aromatic nitrogens is 2. The van der Waals surface area contributed by atoms with E-state index in [4.69, 9.17) is 11.6 Å². The van der Waals surface area contributed by atoms with E-state index in [2.05, 4.69) is 14.6 Å². The Hall–Kier alpha value is -1.89. The maximum Gasteiger partial charge on any atom is 0.457 e. The smallest absolute Gasteiger partial charge is 0.413 e. The van der Waals surface area contributed by atoms with E-state index in [-0.39, 0.29) is 11.3 Å². The van der Waals surface area contributed by atoms with Gasteiger partial charge in [0, 0.05) is 5.56 Å². The Morgan fingerprint density at radius 3 is 2.50 bits per heavy atom. The van der Waals surface area contributed by atoms with Crippen LogP contribution in [0, 0.1) is 0 Å². The molecule has 2 aromatic rings. The topological polar surface area (TPSA) is 56.0 Å². The largest absolute Gasteiger partial charge is 0.457 e. The molecular formula is C10H4ClF3N2O2. The van der Waals surface area contributed by atoms with Crippen LogP contribution in [-0.4, -0.2) is 10.2 Å². The Morgan fingerprint density at radius 2 is 1.94 bits per heavy atom. The Morgan fingerprint density at radius 1 is 1.22 bits per heavy atom. The minimum absolute atomic E-state index is 0.0109. The van der Waals surface area contributed by atoms with Crippen molar-refractivity contribution in [2.45, 2.75) is 6.18 Å². The molecule has 2 rings (SSSR count). The van der Waals surface area contributed by atoms with Gasteiger partial charge in [0.05, 0.1) is 10.6 Å². The lowest BCUT2D eigenvalue weighted by Gasteiger charge is -2.10. The van der Waals surface area contributed by atoms with Crippen LogP contribution < -0.4 is 5.76 Å². The van der Waals surface area contributed by atoms with Crippen molar-refractivity contribution in [1.29, 1.82) is 0 Å². The minimum atomic E-state index is -4.57. The second kappa shape index (κ2) is 4.41.